The Hall–Kier alpha value is -1.38. The number of methoxy groups -OCH3 is 1. The van der Waals surface area contributed by atoms with E-state index in [1.807, 2.05) is 19.9 Å². The standard InChI is InChI=1S/C11H15NO2/c1-8(2)10(13)6-9-4-5-11(14-3)12-7-9/h4-5,7-8H,6H2,1-3H3. The van der Waals surface area contributed by atoms with Crippen molar-refractivity contribution in [1.82, 2.24) is 4.98 Å². The van der Waals surface area contributed by atoms with Gasteiger partial charge in [-0.25, -0.2) is 4.98 Å². The van der Waals surface area contributed by atoms with Crippen molar-refractivity contribution in [2.45, 2.75) is 20.3 Å². The summed E-state index contributed by atoms with van der Waals surface area (Å²) in [5.74, 6) is 0.889. The first kappa shape index (κ1) is 10.7. The highest BCUT2D eigenvalue weighted by Gasteiger charge is 2.08. The second-order valence-corrected chi connectivity index (χ2v) is 3.51. The molecule has 1 aromatic heterocycles. The van der Waals surface area contributed by atoms with Crippen LogP contribution in [0.25, 0.3) is 0 Å². The number of ketones is 1. The van der Waals surface area contributed by atoms with E-state index < -0.39 is 0 Å². The molecule has 76 valence electrons. The summed E-state index contributed by atoms with van der Waals surface area (Å²) in [5.41, 5.74) is 0.935. The zero-order valence-corrected chi connectivity index (χ0v) is 8.78. The highest BCUT2D eigenvalue weighted by atomic mass is 16.5. The topological polar surface area (TPSA) is 39.2 Å². The van der Waals surface area contributed by atoms with Gasteiger partial charge >= 0.3 is 0 Å². The summed E-state index contributed by atoms with van der Waals surface area (Å²) in [6, 6.07) is 3.63. The van der Waals surface area contributed by atoms with Gasteiger partial charge < -0.3 is 4.74 Å². The number of Topliss-reactive ketones (excluding diaryl/α,β-unsaturated/α-hetero) is 1. The molecular weight excluding hydrogens is 178 g/mol. The highest BCUT2D eigenvalue weighted by Crippen LogP contribution is 2.09. The van der Waals surface area contributed by atoms with Crippen LogP contribution in [0.15, 0.2) is 18.3 Å². The normalized spacial score (nSPS) is 10.3. The fourth-order valence-electron chi connectivity index (χ4n) is 1.04. The number of carbonyl (C=O) groups excluding carboxylic acids is 1. The number of pyridine rings is 1. The molecule has 0 saturated heterocycles. The molecule has 0 N–H and O–H groups in total. The fourth-order valence-corrected chi connectivity index (χ4v) is 1.04. The Morgan fingerprint density at radius 2 is 2.21 bits per heavy atom. The van der Waals surface area contributed by atoms with Crippen LogP contribution in [-0.4, -0.2) is 17.9 Å². The maximum atomic E-state index is 11.4. The quantitative estimate of drug-likeness (QED) is 0.732. The van der Waals surface area contributed by atoms with Crippen LogP contribution in [-0.2, 0) is 11.2 Å². The van der Waals surface area contributed by atoms with Crippen LogP contribution in [0.1, 0.15) is 19.4 Å². The monoisotopic (exact) mass is 193 g/mol. The molecule has 0 aliphatic heterocycles. The zero-order chi connectivity index (χ0) is 10.6. The summed E-state index contributed by atoms with van der Waals surface area (Å²) in [6.07, 6.45) is 2.13. The molecule has 1 rings (SSSR count). The number of hydrogen-bond donors (Lipinski definition) is 0. The Bertz CT molecular complexity index is 304. The SMILES string of the molecule is COc1ccc(CC(=O)C(C)C)cn1. The predicted octanol–water partition coefficient (Wildman–Crippen LogP) is 1.86. The molecule has 1 heterocycles. The van der Waals surface area contributed by atoms with E-state index in [1.54, 1.807) is 19.4 Å². The average molecular weight is 193 g/mol. The van der Waals surface area contributed by atoms with Crippen molar-refractivity contribution in [2.75, 3.05) is 7.11 Å². The Balaban J connectivity index is 2.64. The van der Waals surface area contributed by atoms with E-state index in [0.717, 1.165) is 5.56 Å². The van der Waals surface area contributed by atoms with E-state index in [9.17, 15) is 4.79 Å². The third-order valence-electron chi connectivity index (χ3n) is 2.03. The molecule has 0 aromatic carbocycles. The van der Waals surface area contributed by atoms with Gasteiger partial charge in [0, 0.05) is 24.6 Å². The Labute approximate surface area is 84.1 Å². The van der Waals surface area contributed by atoms with Gasteiger partial charge in [-0.1, -0.05) is 19.9 Å². The van der Waals surface area contributed by atoms with Gasteiger partial charge in [-0.2, -0.15) is 0 Å². The molecular formula is C11H15NO2. The first-order valence-electron chi connectivity index (χ1n) is 4.65. The second kappa shape index (κ2) is 4.74. The van der Waals surface area contributed by atoms with Crippen LogP contribution < -0.4 is 4.74 Å². The van der Waals surface area contributed by atoms with Crippen LogP contribution in [0.5, 0.6) is 5.88 Å². The number of aromatic nitrogens is 1. The van der Waals surface area contributed by atoms with E-state index in [2.05, 4.69) is 4.98 Å². The minimum atomic E-state index is 0.0806. The van der Waals surface area contributed by atoms with Gasteiger partial charge in [-0.3, -0.25) is 4.79 Å². The third kappa shape index (κ3) is 2.83. The van der Waals surface area contributed by atoms with Crippen molar-refractivity contribution in [1.29, 1.82) is 0 Å². The molecule has 14 heavy (non-hydrogen) atoms. The molecule has 0 atom stereocenters. The molecule has 3 heteroatoms. The van der Waals surface area contributed by atoms with Crippen molar-refractivity contribution in [3.63, 3.8) is 0 Å². The lowest BCUT2D eigenvalue weighted by atomic mass is 10.0. The van der Waals surface area contributed by atoms with Crippen molar-refractivity contribution in [3.8, 4) is 5.88 Å². The number of hydrogen-bond acceptors (Lipinski definition) is 3. The summed E-state index contributed by atoms with van der Waals surface area (Å²) in [7, 11) is 1.57. The molecule has 0 saturated carbocycles. The maximum absolute atomic E-state index is 11.4. The molecule has 0 fully saturated rings. The van der Waals surface area contributed by atoms with Crippen LogP contribution >= 0.6 is 0 Å². The van der Waals surface area contributed by atoms with Crippen molar-refractivity contribution >= 4 is 5.78 Å². The van der Waals surface area contributed by atoms with Gasteiger partial charge in [0.05, 0.1) is 7.11 Å². The summed E-state index contributed by atoms with van der Waals surface area (Å²) in [4.78, 5) is 15.4. The van der Waals surface area contributed by atoms with Crippen molar-refractivity contribution in [3.05, 3.63) is 23.9 Å². The molecule has 1 aromatic rings. The van der Waals surface area contributed by atoms with E-state index in [1.165, 1.54) is 0 Å². The number of carbonyl (C=O) groups is 1. The number of rotatable bonds is 4. The lowest BCUT2D eigenvalue weighted by Crippen LogP contribution is -2.10. The van der Waals surface area contributed by atoms with Crippen LogP contribution in [0, 0.1) is 5.92 Å². The van der Waals surface area contributed by atoms with E-state index in [0.29, 0.717) is 12.3 Å². The van der Waals surface area contributed by atoms with Crippen molar-refractivity contribution in [2.24, 2.45) is 5.92 Å². The molecule has 0 spiro atoms. The Kier molecular flexibility index (Phi) is 3.63. The lowest BCUT2D eigenvalue weighted by molar-refractivity contribution is -0.121. The molecule has 0 bridgehead atoms. The van der Waals surface area contributed by atoms with E-state index in [-0.39, 0.29) is 11.7 Å². The fraction of sp³-hybridized carbons (Fsp3) is 0.455. The molecule has 0 amide bonds. The maximum Gasteiger partial charge on any atom is 0.212 e. The predicted molar refractivity (Wildman–Crippen MR) is 54.3 cm³/mol. The largest absolute Gasteiger partial charge is 0.481 e. The summed E-state index contributed by atoms with van der Waals surface area (Å²) >= 11 is 0. The first-order valence-corrected chi connectivity index (χ1v) is 4.65. The van der Waals surface area contributed by atoms with Crippen LogP contribution in [0.4, 0.5) is 0 Å². The smallest absolute Gasteiger partial charge is 0.212 e. The van der Waals surface area contributed by atoms with Gasteiger partial charge in [-0.05, 0) is 5.56 Å². The number of ether oxygens (including phenoxy) is 1. The average Bonchev–Trinajstić information content (AvgIpc) is 2.19. The summed E-state index contributed by atoms with van der Waals surface area (Å²) in [6.45, 7) is 3.80. The van der Waals surface area contributed by atoms with Gasteiger partial charge in [0.25, 0.3) is 0 Å². The summed E-state index contributed by atoms with van der Waals surface area (Å²) in [5, 5.41) is 0. The van der Waals surface area contributed by atoms with Gasteiger partial charge in [0.1, 0.15) is 5.78 Å². The summed E-state index contributed by atoms with van der Waals surface area (Å²) < 4.78 is 4.93. The Morgan fingerprint density at radius 1 is 1.50 bits per heavy atom. The third-order valence-corrected chi connectivity index (χ3v) is 2.03. The van der Waals surface area contributed by atoms with Crippen molar-refractivity contribution < 1.29 is 9.53 Å². The highest BCUT2D eigenvalue weighted by molar-refractivity contribution is 5.82. The molecule has 0 aliphatic carbocycles. The van der Waals surface area contributed by atoms with Gasteiger partial charge in [0.2, 0.25) is 5.88 Å². The second-order valence-electron chi connectivity index (χ2n) is 3.51. The number of nitrogens with zero attached hydrogens (tertiary/aromatic N) is 1. The van der Waals surface area contributed by atoms with Crippen LogP contribution in [0.2, 0.25) is 0 Å². The molecule has 0 unspecified atom stereocenters. The molecule has 0 aliphatic rings. The van der Waals surface area contributed by atoms with Gasteiger partial charge in [0.15, 0.2) is 0 Å². The Morgan fingerprint density at radius 3 is 2.64 bits per heavy atom. The van der Waals surface area contributed by atoms with E-state index >= 15 is 0 Å². The van der Waals surface area contributed by atoms with Gasteiger partial charge in [-0.15, -0.1) is 0 Å². The minimum Gasteiger partial charge on any atom is -0.481 e. The first-order chi connectivity index (χ1) is 6.63. The zero-order valence-electron chi connectivity index (χ0n) is 8.78. The molecule has 3 nitrogen and oxygen atoms in total. The van der Waals surface area contributed by atoms with E-state index in [4.69, 9.17) is 4.74 Å². The lowest BCUT2D eigenvalue weighted by Gasteiger charge is -2.04. The minimum absolute atomic E-state index is 0.0806. The van der Waals surface area contributed by atoms with Crippen LogP contribution in [0.3, 0.4) is 0 Å². The molecule has 0 radical (unpaired) electrons.